The molecule has 2 rings (SSSR count). The predicted octanol–water partition coefficient (Wildman–Crippen LogP) is 4.19. The molecule has 0 bridgehead atoms. The Morgan fingerprint density at radius 1 is 1.25 bits per heavy atom. The van der Waals surface area contributed by atoms with E-state index in [1.54, 1.807) is 36.0 Å². The second-order valence-corrected chi connectivity index (χ2v) is 5.28. The number of anilines is 1. The Labute approximate surface area is 126 Å². The number of carbonyl (C=O) groups excluding carboxylic acids is 1. The van der Waals surface area contributed by atoms with Crippen LogP contribution in [0.3, 0.4) is 0 Å². The number of nitrogens with zero attached hydrogens (tertiary/aromatic N) is 1. The summed E-state index contributed by atoms with van der Waals surface area (Å²) in [6.07, 6.45) is 1.98. The van der Waals surface area contributed by atoms with Gasteiger partial charge in [0, 0.05) is 10.5 Å². The Morgan fingerprint density at radius 3 is 2.50 bits per heavy atom. The SMILES string of the molecule is CSc1ccc(C(=O)Nc2ccc(C#N)cc2Cl)cc1. The molecule has 2 aromatic carbocycles. The van der Waals surface area contributed by atoms with Crippen molar-refractivity contribution in [3.63, 3.8) is 0 Å². The number of amides is 1. The Balaban J connectivity index is 2.17. The number of benzene rings is 2. The van der Waals surface area contributed by atoms with Crippen LogP contribution >= 0.6 is 23.4 Å². The molecule has 5 heteroatoms. The third kappa shape index (κ3) is 3.32. The Morgan fingerprint density at radius 2 is 1.95 bits per heavy atom. The van der Waals surface area contributed by atoms with Crippen LogP contribution in [0.5, 0.6) is 0 Å². The molecule has 0 saturated heterocycles. The first-order chi connectivity index (χ1) is 9.63. The van der Waals surface area contributed by atoms with Gasteiger partial charge in [0.05, 0.1) is 22.3 Å². The Bertz CT molecular complexity index is 677. The summed E-state index contributed by atoms with van der Waals surface area (Å²) in [5, 5.41) is 11.8. The average molecular weight is 303 g/mol. The van der Waals surface area contributed by atoms with Crippen molar-refractivity contribution in [2.75, 3.05) is 11.6 Å². The highest BCUT2D eigenvalue weighted by atomic mass is 35.5. The standard InChI is InChI=1S/C15H11ClN2OS/c1-20-12-5-3-11(4-6-12)15(19)18-14-7-2-10(9-17)8-13(14)16/h2-8H,1H3,(H,18,19). The van der Waals surface area contributed by atoms with E-state index < -0.39 is 0 Å². The molecule has 2 aromatic rings. The second-order valence-electron chi connectivity index (χ2n) is 3.99. The summed E-state index contributed by atoms with van der Waals surface area (Å²) in [6.45, 7) is 0. The average Bonchev–Trinajstić information content (AvgIpc) is 2.49. The monoisotopic (exact) mass is 302 g/mol. The molecule has 0 aliphatic heterocycles. The maximum atomic E-state index is 12.1. The van der Waals surface area contributed by atoms with Crippen LogP contribution in [0.1, 0.15) is 15.9 Å². The molecule has 3 nitrogen and oxygen atoms in total. The molecule has 0 spiro atoms. The fourth-order valence-corrected chi connectivity index (χ4v) is 2.26. The van der Waals surface area contributed by atoms with Crippen molar-refractivity contribution in [2.45, 2.75) is 4.90 Å². The lowest BCUT2D eigenvalue weighted by molar-refractivity contribution is 0.102. The minimum Gasteiger partial charge on any atom is -0.321 e. The highest BCUT2D eigenvalue weighted by molar-refractivity contribution is 7.98. The van der Waals surface area contributed by atoms with E-state index in [4.69, 9.17) is 16.9 Å². The van der Waals surface area contributed by atoms with E-state index >= 15 is 0 Å². The molecule has 0 radical (unpaired) electrons. The van der Waals surface area contributed by atoms with Gasteiger partial charge >= 0.3 is 0 Å². The summed E-state index contributed by atoms with van der Waals surface area (Å²) in [6, 6.07) is 14.0. The molecule has 1 N–H and O–H groups in total. The molecular weight excluding hydrogens is 292 g/mol. The number of hydrogen-bond acceptors (Lipinski definition) is 3. The number of rotatable bonds is 3. The van der Waals surface area contributed by atoms with Crippen molar-refractivity contribution in [2.24, 2.45) is 0 Å². The molecular formula is C15H11ClN2OS. The third-order valence-corrected chi connectivity index (χ3v) is 3.75. The van der Waals surface area contributed by atoms with E-state index in [2.05, 4.69) is 5.32 Å². The van der Waals surface area contributed by atoms with E-state index in [-0.39, 0.29) is 5.91 Å². The van der Waals surface area contributed by atoms with Crippen LogP contribution in [0.15, 0.2) is 47.4 Å². The van der Waals surface area contributed by atoms with Gasteiger partial charge in [-0.05, 0) is 48.7 Å². The van der Waals surface area contributed by atoms with Crippen LogP contribution in [0.4, 0.5) is 5.69 Å². The van der Waals surface area contributed by atoms with Crippen LogP contribution in [0.25, 0.3) is 0 Å². The number of halogens is 1. The highest BCUT2D eigenvalue weighted by Crippen LogP contribution is 2.23. The number of nitrogens with one attached hydrogen (secondary N) is 1. The predicted molar refractivity (Wildman–Crippen MR) is 82.3 cm³/mol. The van der Waals surface area contributed by atoms with Crippen molar-refractivity contribution in [3.8, 4) is 6.07 Å². The zero-order chi connectivity index (χ0) is 14.5. The summed E-state index contributed by atoms with van der Waals surface area (Å²) in [7, 11) is 0. The fraction of sp³-hybridized carbons (Fsp3) is 0.0667. The smallest absolute Gasteiger partial charge is 0.255 e. The van der Waals surface area contributed by atoms with E-state index in [0.29, 0.717) is 21.8 Å². The van der Waals surface area contributed by atoms with Gasteiger partial charge in [-0.2, -0.15) is 5.26 Å². The molecule has 1 amide bonds. The number of carbonyl (C=O) groups is 1. The molecule has 20 heavy (non-hydrogen) atoms. The lowest BCUT2D eigenvalue weighted by Crippen LogP contribution is -2.12. The number of hydrogen-bond donors (Lipinski definition) is 1. The highest BCUT2D eigenvalue weighted by Gasteiger charge is 2.09. The summed E-state index contributed by atoms with van der Waals surface area (Å²) in [5.41, 5.74) is 1.50. The van der Waals surface area contributed by atoms with Crippen LogP contribution < -0.4 is 5.32 Å². The molecule has 0 heterocycles. The van der Waals surface area contributed by atoms with Gasteiger partial charge in [-0.3, -0.25) is 4.79 Å². The largest absolute Gasteiger partial charge is 0.321 e. The lowest BCUT2D eigenvalue weighted by Gasteiger charge is -2.07. The van der Waals surface area contributed by atoms with Gasteiger partial charge in [0.2, 0.25) is 0 Å². The van der Waals surface area contributed by atoms with Gasteiger partial charge < -0.3 is 5.32 Å². The summed E-state index contributed by atoms with van der Waals surface area (Å²) >= 11 is 7.63. The van der Waals surface area contributed by atoms with E-state index in [1.165, 1.54) is 6.07 Å². The van der Waals surface area contributed by atoms with Crippen molar-refractivity contribution in [1.82, 2.24) is 0 Å². The van der Waals surface area contributed by atoms with Crippen LogP contribution in [-0.4, -0.2) is 12.2 Å². The van der Waals surface area contributed by atoms with Crippen LogP contribution in [0, 0.1) is 11.3 Å². The summed E-state index contributed by atoms with van der Waals surface area (Å²) in [4.78, 5) is 13.2. The Kier molecular flexibility index (Phi) is 4.67. The maximum absolute atomic E-state index is 12.1. The van der Waals surface area contributed by atoms with E-state index in [9.17, 15) is 4.79 Å². The van der Waals surface area contributed by atoms with Crippen molar-refractivity contribution >= 4 is 35.0 Å². The lowest BCUT2D eigenvalue weighted by atomic mass is 10.2. The van der Waals surface area contributed by atoms with E-state index in [1.807, 2.05) is 24.5 Å². The second kappa shape index (κ2) is 6.47. The first-order valence-corrected chi connectivity index (χ1v) is 7.39. The van der Waals surface area contributed by atoms with E-state index in [0.717, 1.165) is 4.90 Å². The molecule has 0 atom stereocenters. The molecule has 0 aromatic heterocycles. The van der Waals surface area contributed by atoms with Crippen LogP contribution in [0.2, 0.25) is 5.02 Å². The normalized spacial score (nSPS) is 9.85. The molecule has 0 aliphatic carbocycles. The maximum Gasteiger partial charge on any atom is 0.255 e. The Hall–Kier alpha value is -1.96. The summed E-state index contributed by atoms with van der Waals surface area (Å²) < 4.78 is 0. The zero-order valence-electron chi connectivity index (χ0n) is 10.7. The molecule has 0 aliphatic rings. The number of nitriles is 1. The third-order valence-electron chi connectivity index (χ3n) is 2.70. The van der Waals surface area contributed by atoms with Crippen molar-refractivity contribution in [3.05, 3.63) is 58.6 Å². The zero-order valence-corrected chi connectivity index (χ0v) is 12.3. The van der Waals surface area contributed by atoms with Crippen molar-refractivity contribution < 1.29 is 4.79 Å². The van der Waals surface area contributed by atoms with Gasteiger partial charge in [0.25, 0.3) is 5.91 Å². The van der Waals surface area contributed by atoms with Gasteiger partial charge in [-0.1, -0.05) is 11.6 Å². The van der Waals surface area contributed by atoms with Crippen molar-refractivity contribution in [1.29, 1.82) is 5.26 Å². The quantitative estimate of drug-likeness (QED) is 0.865. The van der Waals surface area contributed by atoms with Gasteiger partial charge in [-0.25, -0.2) is 0 Å². The minimum atomic E-state index is -0.232. The topological polar surface area (TPSA) is 52.9 Å². The van der Waals surface area contributed by atoms with Crippen LogP contribution in [-0.2, 0) is 0 Å². The number of thioether (sulfide) groups is 1. The summed E-state index contributed by atoms with van der Waals surface area (Å²) in [5.74, 6) is -0.232. The minimum absolute atomic E-state index is 0.232. The molecule has 0 unspecified atom stereocenters. The molecule has 100 valence electrons. The first kappa shape index (κ1) is 14.4. The first-order valence-electron chi connectivity index (χ1n) is 5.79. The van der Waals surface area contributed by atoms with Gasteiger partial charge in [0.15, 0.2) is 0 Å². The van der Waals surface area contributed by atoms with Gasteiger partial charge in [0.1, 0.15) is 0 Å². The molecule has 0 fully saturated rings. The molecule has 0 saturated carbocycles. The van der Waals surface area contributed by atoms with Gasteiger partial charge in [-0.15, -0.1) is 11.8 Å². The fourth-order valence-electron chi connectivity index (χ4n) is 1.62.